The van der Waals surface area contributed by atoms with Crippen LogP contribution in [0.1, 0.15) is 6.42 Å². The number of benzene rings is 1. The topological polar surface area (TPSA) is 58.1 Å². The molecule has 0 unspecified atom stereocenters. The zero-order valence-electron chi connectivity index (χ0n) is 15.8. The summed E-state index contributed by atoms with van der Waals surface area (Å²) in [6.45, 7) is 0.818. The zero-order chi connectivity index (χ0) is 19.4. The van der Waals surface area contributed by atoms with Gasteiger partial charge in [0.1, 0.15) is 5.75 Å². The van der Waals surface area contributed by atoms with Gasteiger partial charge in [0, 0.05) is 52.0 Å². The van der Waals surface area contributed by atoms with Crippen molar-refractivity contribution in [1.82, 2.24) is 10.2 Å². The molecule has 0 aliphatic carbocycles. The van der Waals surface area contributed by atoms with Crippen LogP contribution >= 0.6 is 24.0 Å². The molecule has 0 atom stereocenters. The molecule has 1 rings (SSSR count). The van der Waals surface area contributed by atoms with E-state index < -0.39 is 12.7 Å². The summed E-state index contributed by atoms with van der Waals surface area (Å²) in [4.78, 5) is 5.27. The van der Waals surface area contributed by atoms with E-state index in [-0.39, 0.29) is 30.5 Å². The highest BCUT2D eigenvalue weighted by Crippen LogP contribution is 2.17. The molecule has 0 saturated heterocycles. The molecule has 0 bridgehead atoms. The number of anilines is 1. The third kappa shape index (κ3) is 12.7. The normalized spacial score (nSPS) is 11.9. The maximum atomic E-state index is 12.3. The van der Waals surface area contributed by atoms with Crippen LogP contribution in [0, 0.1) is 0 Å². The highest BCUT2D eigenvalue weighted by molar-refractivity contribution is 14.0. The van der Waals surface area contributed by atoms with E-state index in [2.05, 4.69) is 15.6 Å². The predicted octanol–water partition coefficient (Wildman–Crippen LogP) is 3.20. The number of hydrogen-bond donors (Lipinski definition) is 2. The van der Waals surface area contributed by atoms with Crippen LogP contribution in [0.25, 0.3) is 0 Å². The summed E-state index contributed by atoms with van der Waals surface area (Å²) in [5, 5.41) is 6.07. The van der Waals surface area contributed by atoms with Gasteiger partial charge in [-0.2, -0.15) is 13.2 Å². The Hall–Kier alpha value is -1.27. The second-order valence-corrected chi connectivity index (χ2v) is 5.70. The number of guanidine groups is 1. The van der Waals surface area contributed by atoms with Gasteiger partial charge >= 0.3 is 6.18 Å². The molecule has 27 heavy (non-hydrogen) atoms. The predicted molar refractivity (Wildman–Crippen MR) is 112 cm³/mol. The van der Waals surface area contributed by atoms with Gasteiger partial charge < -0.3 is 20.1 Å². The van der Waals surface area contributed by atoms with E-state index in [1.165, 1.54) is 11.9 Å². The van der Waals surface area contributed by atoms with Crippen molar-refractivity contribution in [3.8, 4) is 5.75 Å². The fourth-order valence-electron chi connectivity index (χ4n) is 2.12. The molecule has 0 saturated carbocycles. The SMILES string of the molecule is CN=C(NCCN(C)CC(F)(F)F)Nc1cccc(OCCCOC)c1.I. The number of aliphatic imine (C=N–C) groups is 1. The van der Waals surface area contributed by atoms with Crippen molar-refractivity contribution in [2.75, 3.05) is 59.4 Å². The quantitative estimate of drug-likeness (QED) is 0.222. The number of halogens is 4. The Kier molecular flexibility index (Phi) is 13.2. The number of nitrogens with zero attached hydrogens (tertiary/aromatic N) is 2. The first-order valence-electron chi connectivity index (χ1n) is 8.29. The number of methoxy groups -OCH3 is 1. The molecule has 2 N–H and O–H groups in total. The van der Waals surface area contributed by atoms with E-state index in [1.807, 2.05) is 24.3 Å². The van der Waals surface area contributed by atoms with Crippen LogP contribution in [-0.2, 0) is 4.74 Å². The Bertz CT molecular complexity index is 559. The molecule has 0 aliphatic heterocycles. The van der Waals surface area contributed by atoms with Crippen molar-refractivity contribution in [2.45, 2.75) is 12.6 Å². The van der Waals surface area contributed by atoms with Crippen LogP contribution in [0.4, 0.5) is 18.9 Å². The van der Waals surface area contributed by atoms with Gasteiger partial charge in [0.2, 0.25) is 0 Å². The van der Waals surface area contributed by atoms with Crippen LogP contribution in [0.3, 0.4) is 0 Å². The van der Waals surface area contributed by atoms with Crippen LogP contribution < -0.4 is 15.4 Å². The highest BCUT2D eigenvalue weighted by Gasteiger charge is 2.28. The lowest BCUT2D eigenvalue weighted by molar-refractivity contribution is -0.142. The number of nitrogens with one attached hydrogen (secondary N) is 2. The van der Waals surface area contributed by atoms with E-state index >= 15 is 0 Å². The third-order valence-corrected chi connectivity index (χ3v) is 3.32. The van der Waals surface area contributed by atoms with Gasteiger partial charge in [-0.1, -0.05) is 6.07 Å². The van der Waals surface area contributed by atoms with Crippen LogP contribution in [0.15, 0.2) is 29.3 Å². The molecule has 0 heterocycles. The third-order valence-electron chi connectivity index (χ3n) is 3.32. The van der Waals surface area contributed by atoms with E-state index in [4.69, 9.17) is 9.47 Å². The van der Waals surface area contributed by atoms with Crippen LogP contribution in [0.5, 0.6) is 5.75 Å². The Morgan fingerprint density at radius 1 is 1.26 bits per heavy atom. The first kappa shape index (κ1) is 25.7. The van der Waals surface area contributed by atoms with Crippen molar-refractivity contribution in [3.05, 3.63) is 24.3 Å². The molecule has 0 aromatic heterocycles. The number of ether oxygens (including phenoxy) is 2. The number of alkyl halides is 3. The van der Waals surface area contributed by atoms with Crippen LogP contribution in [0.2, 0.25) is 0 Å². The van der Waals surface area contributed by atoms with Crippen molar-refractivity contribution in [2.24, 2.45) is 4.99 Å². The lowest BCUT2D eigenvalue weighted by atomic mass is 10.3. The molecule has 156 valence electrons. The maximum absolute atomic E-state index is 12.3. The minimum atomic E-state index is -4.20. The molecular weight excluding hydrogens is 476 g/mol. The summed E-state index contributed by atoms with van der Waals surface area (Å²) in [6, 6.07) is 7.37. The minimum absolute atomic E-state index is 0. The molecule has 0 fully saturated rings. The fraction of sp³-hybridized carbons (Fsp3) is 0.588. The molecule has 0 spiro atoms. The van der Waals surface area contributed by atoms with Crippen molar-refractivity contribution >= 4 is 35.6 Å². The molecule has 0 amide bonds. The average Bonchev–Trinajstić information content (AvgIpc) is 2.56. The largest absolute Gasteiger partial charge is 0.493 e. The Balaban J connectivity index is 0.00000676. The minimum Gasteiger partial charge on any atom is -0.493 e. The molecule has 10 heteroatoms. The second kappa shape index (κ2) is 13.8. The van der Waals surface area contributed by atoms with E-state index in [1.54, 1.807) is 14.2 Å². The van der Waals surface area contributed by atoms with Gasteiger partial charge in [0.15, 0.2) is 5.96 Å². The van der Waals surface area contributed by atoms with E-state index in [0.29, 0.717) is 31.5 Å². The molecule has 1 aromatic carbocycles. The summed E-state index contributed by atoms with van der Waals surface area (Å²) >= 11 is 0. The van der Waals surface area contributed by atoms with Gasteiger partial charge in [0.05, 0.1) is 13.2 Å². The van der Waals surface area contributed by atoms with E-state index in [0.717, 1.165) is 12.1 Å². The zero-order valence-corrected chi connectivity index (χ0v) is 18.1. The summed E-state index contributed by atoms with van der Waals surface area (Å²) in [5.74, 6) is 1.19. The summed E-state index contributed by atoms with van der Waals surface area (Å²) in [6.07, 6.45) is -3.40. The number of hydrogen-bond acceptors (Lipinski definition) is 4. The van der Waals surface area contributed by atoms with E-state index in [9.17, 15) is 13.2 Å². The Morgan fingerprint density at radius 2 is 2.00 bits per heavy atom. The van der Waals surface area contributed by atoms with Crippen LogP contribution in [-0.4, -0.2) is 71.1 Å². The summed E-state index contributed by atoms with van der Waals surface area (Å²) in [7, 11) is 4.67. The Morgan fingerprint density at radius 3 is 2.63 bits per heavy atom. The first-order chi connectivity index (χ1) is 12.3. The number of likely N-dealkylation sites (N-methyl/N-ethyl adjacent to an activating group) is 1. The van der Waals surface area contributed by atoms with Gasteiger partial charge in [-0.3, -0.25) is 9.89 Å². The average molecular weight is 504 g/mol. The van der Waals surface area contributed by atoms with Gasteiger partial charge in [-0.15, -0.1) is 24.0 Å². The van der Waals surface area contributed by atoms with Gasteiger partial charge in [0.25, 0.3) is 0 Å². The highest BCUT2D eigenvalue weighted by atomic mass is 127. The lowest BCUT2D eigenvalue weighted by Crippen LogP contribution is -2.39. The molecular formula is C17H28F3IN4O2. The Labute approximate surface area is 175 Å². The summed E-state index contributed by atoms with van der Waals surface area (Å²) < 4.78 is 47.5. The maximum Gasteiger partial charge on any atom is 0.401 e. The van der Waals surface area contributed by atoms with Gasteiger partial charge in [-0.25, -0.2) is 0 Å². The smallest absolute Gasteiger partial charge is 0.401 e. The summed E-state index contributed by atoms with van der Waals surface area (Å²) in [5.41, 5.74) is 0.769. The van der Waals surface area contributed by atoms with Gasteiger partial charge in [-0.05, 0) is 19.2 Å². The fourth-order valence-corrected chi connectivity index (χ4v) is 2.12. The van der Waals surface area contributed by atoms with Crippen molar-refractivity contribution in [1.29, 1.82) is 0 Å². The standard InChI is InChI=1S/C17H27F3N4O2.HI/c1-21-16(22-8-9-24(2)13-17(18,19)20)23-14-6-4-7-15(12-14)26-11-5-10-25-3;/h4,6-7,12H,5,8-11,13H2,1-3H3,(H2,21,22,23);1H. The monoisotopic (exact) mass is 504 g/mol. The van der Waals surface area contributed by atoms with Crippen molar-refractivity contribution in [3.63, 3.8) is 0 Å². The second-order valence-electron chi connectivity index (χ2n) is 5.70. The molecule has 0 aliphatic rings. The van der Waals surface area contributed by atoms with Crippen molar-refractivity contribution < 1.29 is 22.6 Å². The molecule has 0 radical (unpaired) electrons. The molecule has 6 nitrogen and oxygen atoms in total. The lowest BCUT2D eigenvalue weighted by Gasteiger charge is -2.19. The molecule has 1 aromatic rings. The number of rotatable bonds is 10. The first-order valence-corrected chi connectivity index (χ1v) is 8.29.